The molecule has 0 unspecified atom stereocenters. The number of aromatic nitrogens is 1. The fraction of sp³-hybridized carbons (Fsp3) is 0.667. The minimum absolute atomic E-state index is 0.168. The zero-order chi connectivity index (χ0) is 13.0. The predicted octanol–water partition coefficient (Wildman–Crippen LogP) is 1.12. The van der Waals surface area contributed by atoms with Gasteiger partial charge in [0.05, 0.1) is 6.20 Å². The lowest BCUT2D eigenvalue weighted by Gasteiger charge is -2.25. The van der Waals surface area contributed by atoms with E-state index in [1.54, 1.807) is 0 Å². The van der Waals surface area contributed by atoms with Crippen LogP contribution in [0.3, 0.4) is 0 Å². The minimum Gasteiger partial charge on any atom is -0.300 e. The van der Waals surface area contributed by atoms with Crippen LogP contribution in [0.4, 0.5) is 0 Å². The second-order valence-corrected chi connectivity index (χ2v) is 8.62. The molecule has 1 N–H and O–H groups in total. The average Bonchev–Trinajstić information content (AvgIpc) is 2.78. The maximum absolute atomic E-state index is 11.9. The van der Waals surface area contributed by atoms with Gasteiger partial charge >= 0.3 is 0 Å². The molecular formula is C9H14ClN3O2S3. The molecule has 0 atom stereocenters. The van der Waals surface area contributed by atoms with Gasteiger partial charge in [-0.1, -0.05) is 22.9 Å². The Kier molecular flexibility index (Phi) is 5.28. The van der Waals surface area contributed by atoms with Crippen molar-refractivity contribution in [3.05, 3.63) is 10.7 Å². The first-order valence-electron chi connectivity index (χ1n) is 5.49. The van der Waals surface area contributed by atoms with Gasteiger partial charge < -0.3 is 4.90 Å². The van der Waals surface area contributed by atoms with Crippen LogP contribution in [-0.2, 0) is 10.0 Å². The number of thioether (sulfide) groups is 1. The summed E-state index contributed by atoms with van der Waals surface area (Å²) in [6, 6.07) is 0. The van der Waals surface area contributed by atoms with E-state index in [9.17, 15) is 8.42 Å². The van der Waals surface area contributed by atoms with Gasteiger partial charge in [0, 0.05) is 37.7 Å². The molecule has 0 radical (unpaired) electrons. The van der Waals surface area contributed by atoms with Gasteiger partial charge in [-0.15, -0.1) is 0 Å². The third-order valence-electron chi connectivity index (χ3n) is 2.54. The summed E-state index contributed by atoms with van der Waals surface area (Å²) in [4.78, 5) is 6.00. The molecule has 5 nitrogen and oxygen atoms in total. The number of nitrogens with one attached hydrogen (secondary N) is 1. The van der Waals surface area contributed by atoms with Crippen LogP contribution in [0.2, 0.25) is 4.47 Å². The molecule has 2 heterocycles. The van der Waals surface area contributed by atoms with E-state index in [0.29, 0.717) is 6.54 Å². The summed E-state index contributed by atoms with van der Waals surface area (Å²) < 4.78 is 26.7. The molecule has 0 bridgehead atoms. The van der Waals surface area contributed by atoms with E-state index in [4.69, 9.17) is 11.6 Å². The zero-order valence-electron chi connectivity index (χ0n) is 9.63. The molecule has 1 aliphatic heterocycles. The van der Waals surface area contributed by atoms with Crippen molar-refractivity contribution in [1.82, 2.24) is 14.6 Å². The fourth-order valence-corrected chi connectivity index (χ4v) is 4.93. The molecular weight excluding hydrogens is 314 g/mol. The highest BCUT2D eigenvalue weighted by molar-refractivity contribution is 7.99. The van der Waals surface area contributed by atoms with E-state index in [1.807, 2.05) is 11.8 Å². The van der Waals surface area contributed by atoms with Gasteiger partial charge in [-0.3, -0.25) is 0 Å². The van der Waals surface area contributed by atoms with Crippen LogP contribution in [0.25, 0.3) is 0 Å². The number of hydrogen-bond donors (Lipinski definition) is 1. The van der Waals surface area contributed by atoms with Crippen LogP contribution < -0.4 is 4.72 Å². The normalized spacial score (nSPS) is 18.1. The Hall–Kier alpha value is 0.140. The van der Waals surface area contributed by atoms with Crippen LogP contribution in [0.1, 0.15) is 0 Å². The number of nitrogens with zero attached hydrogens (tertiary/aromatic N) is 2. The smallest absolute Gasteiger partial charge is 0.251 e. The largest absolute Gasteiger partial charge is 0.300 e. The molecule has 0 amide bonds. The van der Waals surface area contributed by atoms with Crippen LogP contribution in [0, 0.1) is 0 Å². The first kappa shape index (κ1) is 14.5. The predicted molar refractivity (Wildman–Crippen MR) is 76.1 cm³/mol. The maximum atomic E-state index is 11.9. The SMILES string of the molecule is O=S(=O)(NCCN1CCSCC1)c1cnc(Cl)s1. The van der Waals surface area contributed by atoms with Crippen molar-refractivity contribution in [2.24, 2.45) is 0 Å². The van der Waals surface area contributed by atoms with E-state index < -0.39 is 10.0 Å². The number of thiazole rings is 1. The van der Waals surface area contributed by atoms with E-state index in [2.05, 4.69) is 14.6 Å². The Balaban J connectivity index is 1.82. The number of halogens is 1. The number of sulfonamides is 1. The first-order chi connectivity index (χ1) is 8.58. The van der Waals surface area contributed by atoms with Gasteiger partial charge in [0.15, 0.2) is 8.68 Å². The number of hydrogen-bond acceptors (Lipinski definition) is 6. The molecule has 0 aromatic carbocycles. The van der Waals surface area contributed by atoms with Crippen molar-refractivity contribution in [2.75, 3.05) is 37.7 Å². The lowest BCUT2D eigenvalue weighted by molar-refractivity contribution is 0.307. The van der Waals surface area contributed by atoms with E-state index >= 15 is 0 Å². The first-order valence-corrected chi connectivity index (χ1v) is 9.32. The maximum Gasteiger partial charge on any atom is 0.251 e. The molecule has 0 saturated carbocycles. The van der Waals surface area contributed by atoms with Crippen molar-refractivity contribution in [3.63, 3.8) is 0 Å². The highest BCUT2D eigenvalue weighted by atomic mass is 35.5. The standard InChI is InChI=1S/C9H14ClN3O2S3/c10-9-11-7-8(17-9)18(14,15)12-1-2-13-3-5-16-6-4-13/h7,12H,1-6H2. The Labute approximate surface area is 120 Å². The molecule has 1 aliphatic rings. The molecule has 1 saturated heterocycles. The third kappa shape index (κ3) is 4.07. The van der Waals surface area contributed by atoms with Gasteiger partial charge in [0.1, 0.15) is 0 Å². The molecule has 1 aromatic heterocycles. The Morgan fingerprint density at radius 1 is 1.44 bits per heavy atom. The van der Waals surface area contributed by atoms with Crippen molar-refractivity contribution in [2.45, 2.75) is 4.21 Å². The van der Waals surface area contributed by atoms with Crippen molar-refractivity contribution in [1.29, 1.82) is 0 Å². The van der Waals surface area contributed by atoms with Crippen LogP contribution in [0.5, 0.6) is 0 Å². The lowest BCUT2D eigenvalue weighted by atomic mass is 10.5. The molecule has 1 aromatic rings. The Morgan fingerprint density at radius 2 is 2.17 bits per heavy atom. The molecule has 18 heavy (non-hydrogen) atoms. The fourth-order valence-electron chi connectivity index (χ4n) is 1.60. The summed E-state index contributed by atoms with van der Waals surface area (Å²) in [5.74, 6) is 2.24. The van der Waals surface area contributed by atoms with Gasteiger partial charge in [0.2, 0.25) is 0 Å². The summed E-state index contributed by atoms with van der Waals surface area (Å²) in [5.41, 5.74) is 0. The van der Waals surface area contributed by atoms with Crippen LogP contribution >= 0.6 is 34.7 Å². The van der Waals surface area contributed by atoms with E-state index in [0.717, 1.165) is 42.5 Å². The molecule has 9 heteroatoms. The van der Waals surface area contributed by atoms with Crippen LogP contribution in [-0.4, -0.2) is 56.0 Å². The third-order valence-corrected chi connectivity index (χ3v) is 6.52. The molecule has 2 rings (SSSR count). The molecule has 0 aliphatic carbocycles. The number of rotatable bonds is 5. The highest BCUT2D eigenvalue weighted by Crippen LogP contribution is 2.21. The molecule has 102 valence electrons. The summed E-state index contributed by atoms with van der Waals surface area (Å²) in [6.45, 7) is 3.21. The van der Waals surface area contributed by atoms with Gasteiger partial charge in [-0.2, -0.15) is 11.8 Å². The summed E-state index contributed by atoms with van der Waals surface area (Å²) >= 11 is 8.53. The zero-order valence-corrected chi connectivity index (χ0v) is 12.8. The highest BCUT2D eigenvalue weighted by Gasteiger charge is 2.18. The quantitative estimate of drug-likeness (QED) is 0.878. The van der Waals surface area contributed by atoms with E-state index in [1.165, 1.54) is 6.20 Å². The summed E-state index contributed by atoms with van der Waals surface area (Å²) in [5, 5.41) is 0. The Bertz CT molecular complexity index is 485. The van der Waals surface area contributed by atoms with Crippen molar-refractivity contribution < 1.29 is 8.42 Å². The van der Waals surface area contributed by atoms with Gasteiger partial charge in [-0.05, 0) is 0 Å². The van der Waals surface area contributed by atoms with Crippen molar-refractivity contribution >= 4 is 44.7 Å². The average molecular weight is 328 g/mol. The molecule has 1 fully saturated rings. The monoisotopic (exact) mass is 327 g/mol. The van der Waals surface area contributed by atoms with E-state index in [-0.39, 0.29) is 8.68 Å². The minimum atomic E-state index is -3.45. The Morgan fingerprint density at radius 3 is 2.78 bits per heavy atom. The molecule has 0 spiro atoms. The summed E-state index contributed by atoms with van der Waals surface area (Å²) in [6.07, 6.45) is 1.28. The summed E-state index contributed by atoms with van der Waals surface area (Å²) in [7, 11) is -3.45. The second kappa shape index (κ2) is 6.53. The van der Waals surface area contributed by atoms with Crippen molar-refractivity contribution in [3.8, 4) is 0 Å². The van der Waals surface area contributed by atoms with Gasteiger partial charge in [0.25, 0.3) is 10.0 Å². The van der Waals surface area contributed by atoms with Gasteiger partial charge in [-0.25, -0.2) is 18.1 Å². The lowest BCUT2D eigenvalue weighted by Crippen LogP contribution is -2.39. The second-order valence-electron chi connectivity index (χ2n) is 3.78. The topological polar surface area (TPSA) is 62.3 Å². The van der Waals surface area contributed by atoms with Crippen LogP contribution in [0.15, 0.2) is 10.4 Å².